The average Bonchev–Trinajstić information content (AvgIpc) is 3.49. The maximum Gasteiger partial charge on any atom is 0.169 e. The SMILES string of the molecule is CNc1cc(F)c(F)c2c1[nH]c1ncc(-c3cncc(C#N)c3)c(N3CCC4(CCC4N)C3)c12. The molecule has 0 bridgehead atoms. The summed E-state index contributed by atoms with van der Waals surface area (Å²) in [5.41, 5.74) is 10.4. The van der Waals surface area contributed by atoms with E-state index >= 15 is 4.39 Å². The van der Waals surface area contributed by atoms with Gasteiger partial charge in [0.1, 0.15) is 11.7 Å². The number of nitriles is 1. The number of halogens is 2. The Morgan fingerprint density at radius 3 is 2.76 bits per heavy atom. The van der Waals surface area contributed by atoms with E-state index in [-0.39, 0.29) is 16.8 Å². The molecule has 2 fully saturated rings. The summed E-state index contributed by atoms with van der Waals surface area (Å²) in [7, 11) is 1.67. The van der Waals surface area contributed by atoms with Crippen LogP contribution in [0, 0.1) is 28.4 Å². The van der Waals surface area contributed by atoms with Crippen molar-refractivity contribution >= 4 is 33.3 Å². The second kappa shape index (κ2) is 7.37. The minimum atomic E-state index is -0.929. The Morgan fingerprint density at radius 2 is 2.09 bits per heavy atom. The Balaban J connectivity index is 1.68. The third-order valence-corrected chi connectivity index (χ3v) is 7.65. The van der Waals surface area contributed by atoms with Gasteiger partial charge in [-0.05, 0) is 25.3 Å². The molecule has 1 aliphatic carbocycles. The molecule has 9 heteroatoms. The largest absolute Gasteiger partial charge is 0.386 e. The van der Waals surface area contributed by atoms with Crippen LogP contribution >= 0.6 is 0 Å². The summed E-state index contributed by atoms with van der Waals surface area (Å²) in [5.74, 6) is -1.85. The summed E-state index contributed by atoms with van der Waals surface area (Å²) in [6.07, 6.45) is 7.87. The minimum absolute atomic E-state index is 0.0334. The number of H-pyrrole nitrogens is 1. The monoisotopic (exact) mass is 459 g/mol. The van der Waals surface area contributed by atoms with E-state index in [4.69, 9.17) is 5.73 Å². The number of anilines is 2. The van der Waals surface area contributed by atoms with Gasteiger partial charge in [-0.15, -0.1) is 0 Å². The van der Waals surface area contributed by atoms with Crippen molar-refractivity contribution in [1.82, 2.24) is 15.0 Å². The molecule has 34 heavy (non-hydrogen) atoms. The molecule has 0 radical (unpaired) electrons. The number of hydrogen-bond donors (Lipinski definition) is 3. The highest BCUT2D eigenvalue weighted by atomic mass is 19.2. The van der Waals surface area contributed by atoms with Crippen molar-refractivity contribution in [2.24, 2.45) is 11.1 Å². The molecule has 4 aromatic rings. The van der Waals surface area contributed by atoms with Gasteiger partial charge < -0.3 is 20.9 Å². The Bertz CT molecular complexity index is 1510. The fraction of sp³-hybridized carbons (Fsp3) is 0.320. The van der Waals surface area contributed by atoms with Crippen LogP contribution in [0.15, 0.2) is 30.7 Å². The number of rotatable bonds is 3. The lowest BCUT2D eigenvalue weighted by Gasteiger charge is -2.45. The van der Waals surface area contributed by atoms with Crippen LogP contribution in [0.4, 0.5) is 20.2 Å². The topological polar surface area (TPSA) is 107 Å². The highest BCUT2D eigenvalue weighted by Gasteiger charge is 2.49. The van der Waals surface area contributed by atoms with Crippen molar-refractivity contribution in [1.29, 1.82) is 5.26 Å². The maximum atomic E-state index is 15.3. The fourth-order valence-corrected chi connectivity index (χ4v) is 5.64. The van der Waals surface area contributed by atoms with E-state index in [1.807, 2.05) is 0 Å². The lowest BCUT2D eigenvalue weighted by Crippen LogP contribution is -2.52. The molecule has 6 rings (SSSR count). The van der Waals surface area contributed by atoms with Gasteiger partial charge in [0.2, 0.25) is 0 Å². The van der Waals surface area contributed by atoms with Crippen molar-refractivity contribution in [2.75, 3.05) is 30.4 Å². The zero-order valence-corrected chi connectivity index (χ0v) is 18.6. The summed E-state index contributed by atoms with van der Waals surface area (Å²) in [6.45, 7) is 1.47. The molecule has 0 amide bonds. The Morgan fingerprint density at radius 1 is 1.24 bits per heavy atom. The third kappa shape index (κ3) is 2.82. The van der Waals surface area contributed by atoms with E-state index in [0.29, 0.717) is 33.4 Å². The molecule has 1 aliphatic heterocycles. The number of pyridine rings is 2. The molecule has 3 aromatic heterocycles. The molecule has 7 nitrogen and oxygen atoms in total. The summed E-state index contributed by atoms with van der Waals surface area (Å²) in [5, 5.41) is 13.0. The average molecular weight is 460 g/mol. The second-order valence-electron chi connectivity index (χ2n) is 9.34. The highest BCUT2D eigenvalue weighted by molar-refractivity contribution is 6.18. The Kier molecular flexibility index (Phi) is 4.51. The standard InChI is InChI=1S/C25H23F2N7/c1-30-17-7-16(26)21(27)19-20-23(34-5-4-25(12-34)3-2-18(25)29)15(11-32-24(20)33-22(17)19)14-6-13(8-28)9-31-10-14/h6-7,9-11,18,30H,2-5,12,29H2,1H3,(H,32,33). The molecule has 1 spiro atoms. The number of aromatic nitrogens is 3. The van der Waals surface area contributed by atoms with Crippen LogP contribution < -0.4 is 16.0 Å². The molecule has 2 aliphatic rings. The van der Waals surface area contributed by atoms with Gasteiger partial charge in [0.05, 0.1) is 33.2 Å². The van der Waals surface area contributed by atoms with Crippen LogP contribution in [0.1, 0.15) is 24.8 Å². The highest BCUT2D eigenvalue weighted by Crippen LogP contribution is 2.51. The maximum absolute atomic E-state index is 15.3. The number of nitrogens with two attached hydrogens (primary N) is 1. The number of hydrogen-bond acceptors (Lipinski definition) is 6. The number of benzene rings is 1. The molecule has 1 saturated carbocycles. The molecular formula is C25H23F2N7. The number of fused-ring (bicyclic) bond motifs is 3. The van der Waals surface area contributed by atoms with Crippen LogP contribution in [0.25, 0.3) is 33.1 Å². The molecule has 172 valence electrons. The first-order chi connectivity index (χ1) is 16.5. The predicted octanol–water partition coefficient (Wildman–Crippen LogP) is 4.29. The molecule has 1 saturated heterocycles. The molecule has 4 heterocycles. The van der Waals surface area contributed by atoms with E-state index in [0.717, 1.165) is 49.7 Å². The summed E-state index contributed by atoms with van der Waals surface area (Å²) < 4.78 is 30.0. The van der Waals surface area contributed by atoms with E-state index in [1.165, 1.54) is 6.20 Å². The van der Waals surface area contributed by atoms with Crippen molar-refractivity contribution in [3.05, 3.63) is 47.9 Å². The van der Waals surface area contributed by atoms with Gasteiger partial charge in [0.25, 0.3) is 0 Å². The van der Waals surface area contributed by atoms with Crippen molar-refractivity contribution in [3.63, 3.8) is 0 Å². The summed E-state index contributed by atoms with van der Waals surface area (Å²) in [6, 6.07) is 5.14. The van der Waals surface area contributed by atoms with E-state index in [1.54, 1.807) is 25.5 Å². The van der Waals surface area contributed by atoms with Crippen LogP contribution in [-0.4, -0.2) is 41.1 Å². The first-order valence-electron chi connectivity index (χ1n) is 11.3. The lowest BCUT2D eigenvalue weighted by atomic mass is 9.64. The second-order valence-corrected chi connectivity index (χ2v) is 9.34. The van der Waals surface area contributed by atoms with E-state index in [2.05, 4.69) is 31.2 Å². The van der Waals surface area contributed by atoms with Crippen LogP contribution in [0.5, 0.6) is 0 Å². The zero-order chi connectivity index (χ0) is 23.6. The first kappa shape index (κ1) is 20.8. The molecule has 2 unspecified atom stereocenters. The van der Waals surface area contributed by atoms with E-state index < -0.39 is 11.6 Å². The number of aromatic amines is 1. The van der Waals surface area contributed by atoms with E-state index in [9.17, 15) is 9.65 Å². The van der Waals surface area contributed by atoms with Gasteiger partial charge in [-0.1, -0.05) is 0 Å². The third-order valence-electron chi connectivity index (χ3n) is 7.65. The van der Waals surface area contributed by atoms with Crippen molar-refractivity contribution < 1.29 is 8.78 Å². The van der Waals surface area contributed by atoms with Gasteiger partial charge in [0, 0.05) is 67.4 Å². The molecular weight excluding hydrogens is 436 g/mol. The minimum Gasteiger partial charge on any atom is -0.386 e. The summed E-state index contributed by atoms with van der Waals surface area (Å²) in [4.78, 5) is 14.2. The Hall–Kier alpha value is -3.77. The number of nitrogens with zero attached hydrogens (tertiary/aromatic N) is 4. The van der Waals surface area contributed by atoms with Crippen molar-refractivity contribution in [3.8, 4) is 17.2 Å². The van der Waals surface area contributed by atoms with Crippen molar-refractivity contribution in [2.45, 2.75) is 25.3 Å². The molecule has 4 N–H and O–H groups in total. The predicted molar refractivity (Wildman–Crippen MR) is 127 cm³/mol. The lowest BCUT2D eigenvalue weighted by molar-refractivity contribution is 0.122. The summed E-state index contributed by atoms with van der Waals surface area (Å²) >= 11 is 0. The van der Waals surface area contributed by atoms with Gasteiger partial charge in [0.15, 0.2) is 11.6 Å². The molecule has 2 atom stereocenters. The normalized spacial score (nSPS) is 21.9. The fourth-order valence-electron chi connectivity index (χ4n) is 5.64. The smallest absolute Gasteiger partial charge is 0.169 e. The quantitative estimate of drug-likeness (QED) is 0.422. The molecule has 1 aromatic carbocycles. The van der Waals surface area contributed by atoms with Gasteiger partial charge in [-0.25, -0.2) is 13.8 Å². The van der Waals surface area contributed by atoms with Gasteiger partial charge in [-0.2, -0.15) is 5.26 Å². The van der Waals surface area contributed by atoms with Gasteiger partial charge in [-0.3, -0.25) is 4.98 Å². The van der Waals surface area contributed by atoms with Crippen LogP contribution in [0.2, 0.25) is 0 Å². The van der Waals surface area contributed by atoms with Gasteiger partial charge >= 0.3 is 0 Å². The first-order valence-corrected chi connectivity index (χ1v) is 11.3. The number of nitrogens with one attached hydrogen (secondary N) is 2. The zero-order valence-electron chi connectivity index (χ0n) is 18.6. The van der Waals surface area contributed by atoms with Crippen LogP contribution in [-0.2, 0) is 0 Å². The van der Waals surface area contributed by atoms with Crippen LogP contribution in [0.3, 0.4) is 0 Å². The Labute approximate surface area is 194 Å².